The summed E-state index contributed by atoms with van der Waals surface area (Å²) >= 11 is 11.7. The largest absolute Gasteiger partial charge is 0.466 e. The van der Waals surface area contributed by atoms with Crippen molar-refractivity contribution in [2.75, 3.05) is 26.2 Å². The average Bonchev–Trinajstić information content (AvgIpc) is 3.38. The molecule has 0 bridgehead atoms. The molecule has 1 atom stereocenters. The molecule has 0 unspecified atom stereocenters. The van der Waals surface area contributed by atoms with Gasteiger partial charge in [-0.1, -0.05) is 43.0 Å². The number of carbonyl (C=O) groups excluding carboxylic acids is 2. The summed E-state index contributed by atoms with van der Waals surface area (Å²) < 4.78 is 7.57. The number of esters is 1. The Labute approximate surface area is 248 Å². The van der Waals surface area contributed by atoms with Gasteiger partial charge in [0.1, 0.15) is 6.04 Å². The van der Waals surface area contributed by atoms with E-state index in [0.29, 0.717) is 61.6 Å². The lowest BCUT2D eigenvalue weighted by molar-refractivity contribution is -0.166. The number of carbonyl (C=O) groups is 2. The molecular formula is C30H42ClN5O3S. The number of ether oxygens (including phenoxy) is 1. The molecule has 1 saturated carbocycles. The van der Waals surface area contributed by atoms with E-state index in [9.17, 15) is 9.59 Å². The minimum atomic E-state index is -0.539. The fourth-order valence-corrected chi connectivity index (χ4v) is 6.62. The molecule has 2 aliphatic rings. The van der Waals surface area contributed by atoms with Crippen LogP contribution in [0.1, 0.15) is 63.1 Å². The standard InChI is InChI=1S/C30H42ClN5O3S/c1-3-39-28(38)30(23-7-5-4-6-8-23)14-17-36(18-15-30)27(37)26(19-22-9-11-24(31)12-10-22)34-29(40)33-16-13-25-20-32-21-35(25)2/h9-12,20-21,23,26H,3-8,13-19H2,1-2H3,(H2,33,34,40)/t26-/m1/s1. The Morgan fingerprint density at radius 1 is 1.18 bits per heavy atom. The van der Waals surface area contributed by atoms with E-state index in [1.165, 1.54) is 6.42 Å². The molecule has 1 aromatic carbocycles. The summed E-state index contributed by atoms with van der Waals surface area (Å²) in [5.41, 5.74) is 1.60. The number of aromatic nitrogens is 2. The summed E-state index contributed by atoms with van der Waals surface area (Å²) in [6.45, 7) is 3.95. The van der Waals surface area contributed by atoms with Crippen LogP contribution in [0.5, 0.6) is 0 Å². The van der Waals surface area contributed by atoms with Crippen LogP contribution in [-0.4, -0.2) is 63.7 Å². The Kier molecular flexibility index (Phi) is 10.8. The predicted octanol–water partition coefficient (Wildman–Crippen LogP) is 4.44. The van der Waals surface area contributed by atoms with Gasteiger partial charge < -0.3 is 24.8 Å². The van der Waals surface area contributed by atoms with Gasteiger partial charge in [-0.25, -0.2) is 4.98 Å². The maximum absolute atomic E-state index is 13.9. The third-order valence-corrected chi connectivity index (χ3v) is 9.09. The van der Waals surface area contributed by atoms with Gasteiger partial charge in [0.05, 0.1) is 18.3 Å². The number of hydrogen-bond acceptors (Lipinski definition) is 5. The Morgan fingerprint density at radius 3 is 2.50 bits per heavy atom. The minimum Gasteiger partial charge on any atom is -0.466 e. The van der Waals surface area contributed by atoms with Crippen LogP contribution in [-0.2, 0) is 34.2 Å². The molecule has 218 valence electrons. The third kappa shape index (κ3) is 7.55. The second kappa shape index (κ2) is 14.3. The number of halogens is 1. The lowest BCUT2D eigenvalue weighted by atomic mass is 9.63. The number of hydrogen-bond donors (Lipinski definition) is 2. The number of imidazole rings is 1. The molecule has 4 rings (SSSR count). The summed E-state index contributed by atoms with van der Waals surface area (Å²) in [5, 5.41) is 7.62. The Bertz CT molecular complexity index is 1140. The number of aryl methyl sites for hydroxylation is 1. The summed E-state index contributed by atoms with van der Waals surface area (Å²) in [6, 6.07) is 7.01. The summed E-state index contributed by atoms with van der Waals surface area (Å²) in [6.07, 6.45) is 11.8. The molecule has 2 N–H and O–H groups in total. The number of benzene rings is 1. The van der Waals surface area contributed by atoms with Crippen molar-refractivity contribution in [1.29, 1.82) is 0 Å². The van der Waals surface area contributed by atoms with Crippen LogP contribution in [0.3, 0.4) is 0 Å². The number of piperidine rings is 1. The second-order valence-electron chi connectivity index (χ2n) is 11.1. The number of amides is 1. The molecule has 40 heavy (non-hydrogen) atoms. The van der Waals surface area contributed by atoms with Crippen molar-refractivity contribution in [3.63, 3.8) is 0 Å². The number of nitrogens with zero attached hydrogens (tertiary/aromatic N) is 3. The van der Waals surface area contributed by atoms with Crippen molar-refractivity contribution in [3.8, 4) is 0 Å². The topological polar surface area (TPSA) is 88.5 Å². The van der Waals surface area contributed by atoms with Gasteiger partial charge in [0.15, 0.2) is 5.11 Å². The average molecular weight is 588 g/mol. The lowest BCUT2D eigenvalue weighted by Crippen LogP contribution is -2.56. The molecule has 1 aliphatic heterocycles. The van der Waals surface area contributed by atoms with Gasteiger partial charge >= 0.3 is 5.97 Å². The third-order valence-electron chi connectivity index (χ3n) is 8.58. The Morgan fingerprint density at radius 2 is 1.88 bits per heavy atom. The van der Waals surface area contributed by atoms with E-state index in [-0.39, 0.29) is 11.9 Å². The summed E-state index contributed by atoms with van der Waals surface area (Å²) in [7, 11) is 1.96. The molecule has 0 spiro atoms. The van der Waals surface area contributed by atoms with Crippen LogP contribution in [0.25, 0.3) is 0 Å². The maximum atomic E-state index is 13.9. The molecule has 2 aromatic rings. The monoisotopic (exact) mass is 587 g/mol. The van der Waals surface area contributed by atoms with Crippen LogP contribution in [0, 0.1) is 11.3 Å². The van der Waals surface area contributed by atoms with E-state index in [1.807, 2.05) is 53.9 Å². The van der Waals surface area contributed by atoms with Gasteiger partial charge in [-0.2, -0.15) is 0 Å². The molecule has 1 aromatic heterocycles. The van der Waals surface area contributed by atoms with Crippen molar-refractivity contribution < 1.29 is 14.3 Å². The molecule has 2 fully saturated rings. The first-order valence-corrected chi connectivity index (χ1v) is 15.3. The van der Waals surface area contributed by atoms with Gasteiger partial charge in [-0.05, 0) is 68.4 Å². The molecule has 1 saturated heterocycles. The highest BCUT2D eigenvalue weighted by Crippen LogP contribution is 2.47. The van der Waals surface area contributed by atoms with E-state index < -0.39 is 11.5 Å². The second-order valence-corrected chi connectivity index (χ2v) is 11.9. The summed E-state index contributed by atoms with van der Waals surface area (Å²) in [5.74, 6) is 0.243. The number of likely N-dealkylation sites (tertiary alicyclic amines) is 1. The quantitative estimate of drug-likeness (QED) is 0.314. The van der Waals surface area contributed by atoms with Crippen LogP contribution in [0.2, 0.25) is 5.02 Å². The van der Waals surface area contributed by atoms with Gasteiger partial charge in [-0.3, -0.25) is 9.59 Å². The van der Waals surface area contributed by atoms with Gasteiger partial charge in [0, 0.05) is 56.4 Å². The van der Waals surface area contributed by atoms with E-state index in [1.54, 1.807) is 6.33 Å². The zero-order valence-corrected chi connectivity index (χ0v) is 25.2. The van der Waals surface area contributed by atoms with E-state index in [0.717, 1.165) is 43.4 Å². The highest BCUT2D eigenvalue weighted by Gasteiger charge is 2.49. The smallest absolute Gasteiger partial charge is 0.312 e. The highest BCUT2D eigenvalue weighted by atomic mass is 35.5. The molecule has 10 heteroatoms. The van der Waals surface area contributed by atoms with Crippen LogP contribution < -0.4 is 10.6 Å². The van der Waals surface area contributed by atoms with Crippen molar-refractivity contribution in [1.82, 2.24) is 25.1 Å². The van der Waals surface area contributed by atoms with Crippen molar-refractivity contribution in [3.05, 3.63) is 53.1 Å². The first kappa shape index (κ1) is 30.3. The summed E-state index contributed by atoms with van der Waals surface area (Å²) in [4.78, 5) is 33.2. The predicted molar refractivity (Wildman–Crippen MR) is 161 cm³/mol. The fourth-order valence-electron chi connectivity index (χ4n) is 6.25. The molecule has 1 aliphatic carbocycles. The SMILES string of the molecule is CCOC(=O)C1(C2CCCCC2)CCN(C(=O)[C@@H](Cc2ccc(Cl)cc2)NC(=S)NCCc2cncn2C)CC1. The molecular weight excluding hydrogens is 546 g/mol. The zero-order chi connectivity index (χ0) is 28.5. The number of nitrogens with one attached hydrogen (secondary N) is 2. The van der Waals surface area contributed by atoms with E-state index in [2.05, 4.69) is 15.6 Å². The van der Waals surface area contributed by atoms with Gasteiger partial charge in [-0.15, -0.1) is 0 Å². The minimum absolute atomic E-state index is 0.00756. The maximum Gasteiger partial charge on any atom is 0.312 e. The molecule has 2 heterocycles. The Hall–Kier alpha value is -2.65. The van der Waals surface area contributed by atoms with E-state index >= 15 is 0 Å². The van der Waals surface area contributed by atoms with Gasteiger partial charge in [0.2, 0.25) is 5.91 Å². The highest BCUT2D eigenvalue weighted by molar-refractivity contribution is 7.80. The van der Waals surface area contributed by atoms with Crippen LogP contribution >= 0.6 is 23.8 Å². The van der Waals surface area contributed by atoms with Crippen molar-refractivity contribution >= 4 is 40.8 Å². The number of rotatable bonds is 10. The number of thiocarbonyl (C=S) groups is 1. The normalized spacial score (nSPS) is 18.1. The van der Waals surface area contributed by atoms with Crippen molar-refractivity contribution in [2.45, 2.75) is 70.8 Å². The lowest BCUT2D eigenvalue weighted by Gasteiger charge is -2.46. The van der Waals surface area contributed by atoms with Crippen LogP contribution in [0.4, 0.5) is 0 Å². The molecule has 8 nitrogen and oxygen atoms in total. The molecule has 1 amide bonds. The Balaban J connectivity index is 1.42. The molecule has 0 radical (unpaired) electrons. The van der Waals surface area contributed by atoms with Crippen molar-refractivity contribution in [2.24, 2.45) is 18.4 Å². The fraction of sp³-hybridized carbons (Fsp3) is 0.600. The first-order chi connectivity index (χ1) is 19.3. The van der Waals surface area contributed by atoms with E-state index in [4.69, 9.17) is 28.6 Å². The van der Waals surface area contributed by atoms with Crippen LogP contribution in [0.15, 0.2) is 36.8 Å². The zero-order valence-electron chi connectivity index (χ0n) is 23.7. The first-order valence-electron chi connectivity index (χ1n) is 14.5. The van der Waals surface area contributed by atoms with Gasteiger partial charge in [0.25, 0.3) is 0 Å².